The topological polar surface area (TPSA) is 72.7 Å². The average Bonchev–Trinajstić information content (AvgIpc) is 3.07. The first-order valence-corrected chi connectivity index (χ1v) is 8.50. The number of hydrogen-bond donors (Lipinski definition) is 1. The van der Waals surface area contributed by atoms with Crippen molar-refractivity contribution in [3.8, 4) is 0 Å². The molecule has 1 aromatic heterocycles. The Morgan fingerprint density at radius 2 is 2.04 bits per heavy atom. The maximum Gasteiger partial charge on any atom is 0.241 e. The van der Waals surface area contributed by atoms with Gasteiger partial charge in [-0.15, -0.1) is 5.10 Å². The predicted molar refractivity (Wildman–Crippen MR) is 90.9 cm³/mol. The highest BCUT2D eigenvalue weighted by Crippen LogP contribution is 2.22. The van der Waals surface area contributed by atoms with Crippen molar-refractivity contribution in [2.75, 3.05) is 12.3 Å². The molecule has 23 heavy (non-hydrogen) atoms. The van der Waals surface area contributed by atoms with Gasteiger partial charge in [-0.3, -0.25) is 4.79 Å². The molecule has 1 N–H and O–H groups in total. The van der Waals surface area contributed by atoms with Gasteiger partial charge in [-0.1, -0.05) is 42.5 Å². The number of carbonyl (C=O) groups excluding carboxylic acids is 1. The fourth-order valence-corrected chi connectivity index (χ4v) is 3.18. The van der Waals surface area contributed by atoms with E-state index in [-0.39, 0.29) is 12.5 Å². The molecular weight excluding hydrogens is 310 g/mol. The highest BCUT2D eigenvalue weighted by atomic mass is 32.2. The molecule has 118 valence electrons. The van der Waals surface area contributed by atoms with Gasteiger partial charge in [0.2, 0.25) is 5.91 Å². The summed E-state index contributed by atoms with van der Waals surface area (Å²) in [5, 5.41) is 16.1. The predicted octanol–water partition coefficient (Wildman–Crippen LogP) is 1.88. The molecular formula is C16H17N5OS. The van der Waals surface area contributed by atoms with Crippen LogP contribution in [0.3, 0.4) is 0 Å². The molecule has 0 aliphatic rings. The first kappa shape index (κ1) is 15.5. The lowest BCUT2D eigenvalue weighted by Crippen LogP contribution is -2.29. The number of benzene rings is 2. The van der Waals surface area contributed by atoms with E-state index in [0.29, 0.717) is 6.54 Å². The van der Waals surface area contributed by atoms with E-state index in [1.807, 2.05) is 11.8 Å². The number of hydrogen-bond acceptors (Lipinski definition) is 5. The van der Waals surface area contributed by atoms with Gasteiger partial charge in [0.15, 0.2) is 0 Å². The van der Waals surface area contributed by atoms with Gasteiger partial charge >= 0.3 is 0 Å². The molecule has 0 spiro atoms. The van der Waals surface area contributed by atoms with E-state index in [1.165, 1.54) is 27.3 Å². The van der Waals surface area contributed by atoms with Gasteiger partial charge in [0.25, 0.3) is 0 Å². The van der Waals surface area contributed by atoms with Crippen molar-refractivity contribution in [1.82, 2.24) is 25.5 Å². The molecule has 0 saturated heterocycles. The van der Waals surface area contributed by atoms with Crippen molar-refractivity contribution in [1.29, 1.82) is 0 Å². The third kappa shape index (κ3) is 4.29. The van der Waals surface area contributed by atoms with Crippen LogP contribution < -0.4 is 5.32 Å². The largest absolute Gasteiger partial charge is 0.354 e. The van der Waals surface area contributed by atoms with Crippen LogP contribution in [0.4, 0.5) is 0 Å². The molecule has 2 aromatic carbocycles. The normalized spacial score (nSPS) is 10.8. The van der Waals surface area contributed by atoms with Gasteiger partial charge < -0.3 is 5.32 Å². The van der Waals surface area contributed by atoms with E-state index in [2.05, 4.69) is 63.3 Å². The summed E-state index contributed by atoms with van der Waals surface area (Å²) in [4.78, 5) is 11.7. The van der Waals surface area contributed by atoms with Gasteiger partial charge in [-0.2, -0.15) is 11.8 Å². The number of amides is 1. The molecule has 0 unspecified atom stereocenters. The zero-order chi connectivity index (χ0) is 15.9. The van der Waals surface area contributed by atoms with Gasteiger partial charge in [-0.25, -0.2) is 4.68 Å². The van der Waals surface area contributed by atoms with Crippen LogP contribution >= 0.6 is 11.8 Å². The van der Waals surface area contributed by atoms with Gasteiger partial charge in [0.05, 0.1) is 0 Å². The summed E-state index contributed by atoms with van der Waals surface area (Å²) >= 11 is 1.81. The SMILES string of the molecule is O=C(Cn1cnnn1)NCCSCc1cccc2ccccc12. The lowest BCUT2D eigenvalue weighted by Gasteiger charge is -2.07. The molecule has 3 aromatic rings. The molecule has 6 nitrogen and oxygen atoms in total. The molecule has 0 aliphatic carbocycles. The zero-order valence-electron chi connectivity index (χ0n) is 12.6. The first-order valence-electron chi connectivity index (χ1n) is 7.35. The second-order valence-corrected chi connectivity index (χ2v) is 6.15. The lowest BCUT2D eigenvalue weighted by molar-refractivity contribution is -0.121. The maximum absolute atomic E-state index is 11.7. The van der Waals surface area contributed by atoms with E-state index in [4.69, 9.17) is 0 Å². The Morgan fingerprint density at radius 1 is 1.17 bits per heavy atom. The number of nitrogens with one attached hydrogen (secondary N) is 1. The smallest absolute Gasteiger partial charge is 0.241 e. The minimum atomic E-state index is -0.0805. The Bertz CT molecular complexity index is 770. The summed E-state index contributed by atoms with van der Waals surface area (Å²) in [6, 6.07) is 14.8. The number of fused-ring (bicyclic) bond motifs is 1. The molecule has 0 atom stereocenters. The monoisotopic (exact) mass is 327 g/mol. The van der Waals surface area contributed by atoms with Gasteiger partial charge in [0.1, 0.15) is 12.9 Å². The number of rotatable bonds is 7. The Kier molecular flexibility index (Phi) is 5.21. The third-order valence-electron chi connectivity index (χ3n) is 3.40. The molecule has 7 heteroatoms. The van der Waals surface area contributed by atoms with Crippen LogP contribution in [0.15, 0.2) is 48.8 Å². The molecule has 3 rings (SSSR count). The first-order chi connectivity index (χ1) is 11.3. The quantitative estimate of drug-likeness (QED) is 0.671. The number of tetrazole rings is 1. The van der Waals surface area contributed by atoms with Gasteiger partial charge in [-0.05, 0) is 26.8 Å². The summed E-state index contributed by atoms with van der Waals surface area (Å²) in [6.07, 6.45) is 1.43. The second kappa shape index (κ2) is 7.73. The van der Waals surface area contributed by atoms with E-state index < -0.39 is 0 Å². The fraction of sp³-hybridized carbons (Fsp3) is 0.250. The molecule has 0 fully saturated rings. The highest BCUT2D eigenvalue weighted by molar-refractivity contribution is 7.98. The second-order valence-electron chi connectivity index (χ2n) is 5.05. The molecule has 0 radical (unpaired) electrons. The van der Waals surface area contributed by atoms with Crippen LogP contribution in [0.5, 0.6) is 0 Å². The Balaban J connectivity index is 1.42. The minimum Gasteiger partial charge on any atom is -0.354 e. The van der Waals surface area contributed by atoms with E-state index in [0.717, 1.165) is 11.5 Å². The van der Waals surface area contributed by atoms with Crippen molar-refractivity contribution in [3.63, 3.8) is 0 Å². The summed E-state index contributed by atoms with van der Waals surface area (Å²) < 4.78 is 1.40. The summed E-state index contributed by atoms with van der Waals surface area (Å²) in [5.74, 6) is 1.72. The molecule has 0 bridgehead atoms. The van der Waals surface area contributed by atoms with Crippen LogP contribution in [0.25, 0.3) is 10.8 Å². The van der Waals surface area contributed by atoms with E-state index >= 15 is 0 Å². The van der Waals surface area contributed by atoms with Crippen molar-refractivity contribution in [2.45, 2.75) is 12.3 Å². The van der Waals surface area contributed by atoms with Crippen LogP contribution in [0.2, 0.25) is 0 Å². The van der Waals surface area contributed by atoms with E-state index in [1.54, 1.807) is 0 Å². The van der Waals surface area contributed by atoms with Crippen molar-refractivity contribution in [3.05, 3.63) is 54.4 Å². The van der Waals surface area contributed by atoms with Crippen molar-refractivity contribution >= 4 is 28.4 Å². The fourth-order valence-electron chi connectivity index (χ4n) is 2.32. The van der Waals surface area contributed by atoms with Crippen LogP contribution in [0, 0.1) is 0 Å². The van der Waals surface area contributed by atoms with Crippen molar-refractivity contribution < 1.29 is 4.79 Å². The highest BCUT2D eigenvalue weighted by Gasteiger charge is 2.04. The Labute approximate surface area is 138 Å². The van der Waals surface area contributed by atoms with Crippen LogP contribution in [-0.2, 0) is 17.1 Å². The number of nitrogens with zero attached hydrogens (tertiary/aromatic N) is 4. The van der Waals surface area contributed by atoms with E-state index in [9.17, 15) is 4.79 Å². The zero-order valence-corrected chi connectivity index (χ0v) is 13.4. The Hall–Kier alpha value is -2.41. The standard InChI is InChI=1S/C16H17N5OS/c22-16(10-21-12-18-19-20-21)17-8-9-23-11-14-6-3-5-13-4-1-2-7-15(13)14/h1-7,12H,8-11H2,(H,17,22). The minimum absolute atomic E-state index is 0.0805. The average molecular weight is 327 g/mol. The summed E-state index contributed by atoms with van der Waals surface area (Å²) in [7, 11) is 0. The molecule has 0 saturated carbocycles. The molecule has 1 heterocycles. The Morgan fingerprint density at radius 3 is 2.91 bits per heavy atom. The maximum atomic E-state index is 11.7. The summed E-state index contributed by atoms with van der Waals surface area (Å²) in [5.41, 5.74) is 1.33. The number of carbonyl (C=O) groups is 1. The van der Waals surface area contributed by atoms with Crippen molar-refractivity contribution in [2.24, 2.45) is 0 Å². The molecule has 0 aliphatic heterocycles. The van der Waals surface area contributed by atoms with Crippen LogP contribution in [0.1, 0.15) is 5.56 Å². The number of aromatic nitrogens is 4. The lowest BCUT2D eigenvalue weighted by atomic mass is 10.1. The third-order valence-corrected chi connectivity index (χ3v) is 4.41. The summed E-state index contributed by atoms with van der Waals surface area (Å²) in [6.45, 7) is 0.789. The number of thioether (sulfide) groups is 1. The van der Waals surface area contributed by atoms with Crippen LogP contribution in [-0.4, -0.2) is 38.4 Å². The molecule has 1 amide bonds. The van der Waals surface area contributed by atoms with Gasteiger partial charge in [0, 0.05) is 18.1 Å².